The topological polar surface area (TPSA) is 114 Å². The first-order valence-corrected chi connectivity index (χ1v) is 11.0. The molecule has 3 N–H and O–H groups in total. The summed E-state index contributed by atoms with van der Waals surface area (Å²) in [6.45, 7) is 1.42. The smallest absolute Gasteiger partial charge is 0.175 e. The van der Waals surface area contributed by atoms with Crippen molar-refractivity contribution in [1.82, 2.24) is 14.9 Å². The Balaban J connectivity index is 1.64. The van der Waals surface area contributed by atoms with Crippen LogP contribution in [-0.4, -0.2) is 59.8 Å². The monoisotopic (exact) mass is 409 g/mol. The van der Waals surface area contributed by atoms with E-state index >= 15 is 0 Å². The van der Waals surface area contributed by atoms with Crippen molar-refractivity contribution in [2.24, 2.45) is 12.5 Å². The molecule has 1 fully saturated rings. The van der Waals surface area contributed by atoms with Crippen molar-refractivity contribution in [2.75, 3.05) is 19.4 Å². The van der Waals surface area contributed by atoms with Crippen molar-refractivity contribution in [3.05, 3.63) is 42.5 Å². The van der Waals surface area contributed by atoms with Gasteiger partial charge in [0.1, 0.15) is 11.6 Å². The van der Waals surface area contributed by atoms with Crippen LogP contribution in [0.2, 0.25) is 0 Å². The summed E-state index contributed by atoms with van der Waals surface area (Å²) in [6.07, 6.45) is 4.04. The van der Waals surface area contributed by atoms with E-state index in [1.807, 2.05) is 17.8 Å². The second-order valence-corrected chi connectivity index (χ2v) is 9.65. The van der Waals surface area contributed by atoms with E-state index in [-0.39, 0.29) is 4.90 Å². The number of sulfone groups is 1. The number of nitrogens with zero attached hydrogens (tertiary/aromatic N) is 2. The first-order valence-electron chi connectivity index (χ1n) is 9.15. The zero-order valence-electron chi connectivity index (χ0n) is 16.1. The molecule has 1 heterocycles. The van der Waals surface area contributed by atoms with Gasteiger partial charge in [0, 0.05) is 37.7 Å². The summed E-state index contributed by atoms with van der Waals surface area (Å²) in [4.78, 5) is 4.51. The van der Waals surface area contributed by atoms with Gasteiger partial charge in [0.25, 0.3) is 0 Å². The summed E-state index contributed by atoms with van der Waals surface area (Å²) in [6, 6.07) is 6.25. The average molecular weight is 410 g/mol. The summed E-state index contributed by atoms with van der Waals surface area (Å²) in [5.74, 6) is 1.44. The van der Waals surface area contributed by atoms with E-state index < -0.39 is 27.5 Å². The van der Waals surface area contributed by atoms with Gasteiger partial charge in [-0.1, -0.05) is 0 Å². The molecular weight excluding hydrogens is 382 g/mol. The summed E-state index contributed by atoms with van der Waals surface area (Å²) in [7, 11) is -1.33. The molecular formula is C19H27N3O5S. The Kier molecular flexibility index (Phi) is 6.09. The number of hydrogen-bond donors (Lipinski definition) is 3. The van der Waals surface area contributed by atoms with Gasteiger partial charge in [-0.15, -0.1) is 0 Å². The van der Waals surface area contributed by atoms with Crippen LogP contribution >= 0.6 is 0 Å². The molecule has 0 spiro atoms. The van der Waals surface area contributed by atoms with Gasteiger partial charge in [0.15, 0.2) is 9.84 Å². The Bertz CT molecular complexity index is 885. The quantitative estimate of drug-likeness (QED) is 0.582. The van der Waals surface area contributed by atoms with Crippen LogP contribution in [0.25, 0.3) is 0 Å². The fourth-order valence-corrected chi connectivity index (χ4v) is 4.21. The fraction of sp³-hybridized carbons (Fsp3) is 0.526. The molecule has 0 saturated heterocycles. The van der Waals surface area contributed by atoms with E-state index in [0.29, 0.717) is 38.3 Å². The number of benzene rings is 1. The van der Waals surface area contributed by atoms with Crippen molar-refractivity contribution in [2.45, 2.75) is 36.5 Å². The second kappa shape index (κ2) is 8.20. The first-order chi connectivity index (χ1) is 13.2. The minimum absolute atomic E-state index is 0.234. The predicted octanol–water partition coefficient (Wildman–Crippen LogP) is 0.494. The lowest BCUT2D eigenvalue weighted by Crippen LogP contribution is -2.38. The molecule has 1 unspecified atom stereocenters. The van der Waals surface area contributed by atoms with Crippen molar-refractivity contribution >= 4 is 9.84 Å². The van der Waals surface area contributed by atoms with Crippen LogP contribution in [0.5, 0.6) is 5.75 Å². The lowest BCUT2D eigenvalue weighted by molar-refractivity contribution is 0.0438. The van der Waals surface area contributed by atoms with E-state index in [2.05, 4.69) is 10.3 Å². The highest BCUT2D eigenvalue weighted by molar-refractivity contribution is 7.90. The van der Waals surface area contributed by atoms with Gasteiger partial charge in [0.05, 0.1) is 30.3 Å². The van der Waals surface area contributed by atoms with Crippen LogP contribution < -0.4 is 10.1 Å². The molecule has 0 bridgehead atoms. The minimum Gasteiger partial charge on any atom is -0.493 e. The van der Waals surface area contributed by atoms with Gasteiger partial charge in [-0.05, 0) is 37.1 Å². The van der Waals surface area contributed by atoms with Crippen LogP contribution in [-0.2, 0) is 23.4 Å². The van der Waals surface area contributed by atoms with Crippen molar-refractivity contribution in [3.63, 3.8) is 0 Å². The number of imidazole rings is 1. The molecule has 0 amide bonds. The first kappa shape index (κ1) is 20.8. The molecule has 0 radical (unpaired) electrons. The minimum atomic E-state index is -3.25. The Labute approximate surface area is 165 Å². The van der Waals surface area contributed by atoms with Crippen LogP contribution in [0, 0.1) is 5.41 Å². The van der Waals surface area contributed by atoms with E-state index in [9.17, 15) is 18.6 Å². The standard InChI is InChI=1S/C19H27N3O5S/c1-22-8-7-21-18(22)11-20-12-19(9-16(23)17(24)10-19)13-27-14-3-5-15(6-4-14)28(2,25)26/h3-8,16-17,20,23-24H,9-13H2,1-2H3/t16-,17+,19?. The van der Waals surface area contributed by atoms with Crippen LogP contribution in [0.4, 0.5) is 0 Å². The van der Waals surface area contributed by atoms with Crippen molar-refractivity contribution < 1.29 is 23.4 Å². The van der Waals surface area contributed by atoms with Gasteiger partial charge >= 0.3 is 0 Å². The molecule has 1 aliphatic carbocycles. The highest BCUT2D eigenvalue weighted by Crippen LogP contribution is 2.38. The summed E-state index contributed by atoms with van der Waals surface area (Å²) < 4.78 is 30.9. The molecule has 3 atom stereocenters. The number of rotatable bonds is 8. The van der Waals surface area contributed by atoms with Gasteiger partial charge < -0.3 is 24.8 Å². The maximum atomic E-state index is 11.6. The predicted molar refractivity (Wildman–Crippen MR) is 104 cm³/mol. The van der Waals surface area contributed by atoms with Crippen molar-refractivity contribution in [3.8, 4) is 5.75 Å². The van der Waals surface area contributed by atoms with Gasteiger partial charge in [-0.25, -0.2) is 13.4 Å². The molecule has 2 aromatic rings. The van der Waals surface area contributed by atoms with Gasteiger partial charge in [-0.2, -0.15) is 0 Å². The average Bonchev–Trinajstić information content (AvgIpc) is 3.16. The van der Waals surface area contributed by atoms with E-state index in [1.54, 1.807) is 18.3 Å². The Hall–Kier alpha value is -1.94. The molecule has 28 heavy (non-hydrogen) atoms. The molecule has 9 heteroatoms. The van der Waals surface area contributed by atoms with Crippen molar-refractivity contribution in [1.29, 1.82) is 0 Å². The molecule has 1 aliphatic rings. The SMILES string of the molecule is Cn1ccnc1CNCC1(COc2ccc(S(C)(=O)=O)cc2)C[C@@H](O)[C@@H](O)C1. The summed E-state index contributed by atoms with van der Waals surface area (Å²) in [5, 5.41) is 23.5. The number of ether oxygens (including phenoxy) is 1. The maximum Gasteiger partial charge on any atom is 0.175 e. The van der Waals surface area contributed by atoms with Crippen LogP contribution in [0.1, 0.15) is 18.7 Å². The highest BCUT2D eigenvalue weighted by atomic mass is 32.2. The zero-order chi connectivity index (χ0) is 20.4. The largest absolute Gasteiger partial charge is 0.493 e. The number of nitrogens with one attached hydrogen (secondary N) is 1. The second-order valence-electron chi connectivity index (χ2n) is 7.63. The van der Waals surface area contributed by atoms with E-state index in [1.165, 1.54) is 12.1 Å². The van der Waals surface area contributed by atoms with E-state index in [4.69, 9.17) is 4.74 Å². The third-order valence-electron chi connectivity index (χ3n) is 5.23. The zero-order valence-corrected chi connectivity index (χ0v) is 16.9. The number of aromatic nitrogens is 2. The molecule has 1 aromatic heterocycles. The Morgan fingerprint density at radius 1 is 1.25 bits per heavy atom. The van der Waals surface area contributed by atoms with Gasteiger partial charge in [0.2, 0.25) is 0 Å². The third kappa shape index (κ3) is 4.91. The third-order valence-corrected chi connectivity index (χ3v) is 6.36. The molecule has 8 nitrogen and oxygen atoms in total. The lowest BCUT2D eigenvalue weighted by Gasteiger charge is -2.29. The Morgan fingerprint density at radius 3 is 2.43 bits per heavy atom. The molecule has 1 aromatic carbocycles. The highest BCUT2D eigenvalue weighted by Gasteiger charge is 2.44. The van der Waals surface area contributed by atoms with Crippen LogP contribution in [0.3, 0.4) is 0 Å². The lowest BCUT2D eigenvalue weighted by atomic mass is 9.86. The number of aliphatic hydroxyl groups excluding tert-OH is 2. The number of aliphatic hydroxyl groups is 2. The summed E-state index contributed by atoms with van der Waals surface area (Å²) in [5.41, 5.74) is -0.431. The molecule has 1 saturated carbocycles. The number of aryl methyl sites for hydroxylation is 1. The number of hydrogen-bond acceptors (Lipinski definition) is 7. The molecule has 3 rings (SSSR count). The maximum absolute atomic E-state index is 11.6. The molecule has 0 aliphatic heterocycles. The van der Waals surface area contributed by atoms with Gasteiger partial charge in [-0.3, -0.25) is 0 Å². The molecule has 154 valence electrons. The normalized spacial score (nSPS) is 25.1. The Morgan fingerprint density at radius 2 is 1.89 bits per heavy atom. The van der Waals surface area contributed by atoms with Crippen LogP contribution in [0.15, 0.2) is 41.6 Å². The summed E-state index contributed by atoms with van der Waals surface area (Å²) >= 11 is 0. The van der Waals surface area contributed by atoms with E-state index in [0.717, 1.165) is 12.1 Å². The fourth-order valence-electron chi connectivity index (χ4n) is 3.58.